The molecule has 0 radical (unpaired) electrons. The van der Waals surface area contributed by atoms with Gasteiger partial charge in [-0.1, -0.05) is 44.7 Å². The van der Waals surface area contributed by atoms with Gasteiger partial charge in [-0.3, -0.25) is 0 Å². The topological polar surface area (TPSA) is 29.1 Å². The first-order valence-corrected chi connectivity index (χ1v) is 7.77. The Morgan fingerprint density at radius 3 is 2.42 bits per heavy atom. The minimum atomic E-state index is -1.09. The zero-order chi connectivity index (χ0) is 14.4. The van der Waals surface area contributed by atoms with E-state index < -0.39 is 11.0 Å². The maximum absolute atomic E-state index is 12.4. The van der Waals surface area contributed by atoms with Crippen molar-refractivity contribution in [3.8, 4) is 0 Å². The van der Waals surface area contributed by atoms with Gasteiger partial charge in [-0.2, -0.15) is 0 Å². The van der Waals surface area contributed by atoms with Crippen molar-refractivity contribution in [2.45, 2.75) is 45.4 Å². The molecule has 1 unspecified atom stereocenters. The van der Waals surface area contributed by atoms with Gasteiger partial charge < -0.3 is 0 Å². The molecule has 19 heavy (non-hydrogen) atoms. The first-order chi connectivity index (χ1) is 8.65. The monoisotopic (exact) mass is 277 g/mol. The maximum Gasteiger partial charge on any atom is 0.0976 e. The van der Waals surface area contributed by atoms with E-state index in [1.807, 2.05) is 32.9 Å². The van der Waals surface area contributed by atoms with Crippen molar-refractivity contribution in [2.75, 3.05) is 0 Å². The summed E-state index contributed by atoms with van der Waals surface area (Å²) in [5.41, 5.74) is 3.39. The summed E-state index contributed by atoms with van der Waals surface area (Å²) >= 11 is 0. The SMILES string of the molecule is C=C1c2ccccc2[C@H](NS(=O)C(C)(C)C)C1(C)C. The summed E-state index contributed by atoms with van der Waals surface area (Å²) in [4.78, 5) is 0. The van der Waals surface area contributed by atoms with E-state index >= 15 is 0 Å². The molecule has 1 N–H and O–H groups in total. The molecular weight excluding hydrogens is 254 g/mol. The van der Waals surface area contributed by atoms with Gasteiger partial charge in [0, 0.05) is 5.41 Å². The van der Waals surface area contributed by atoms with E-state index in [2.05, 4.69) is 37.3 Å². The summed E-state index contributed by atoms with van der Waals surface area (Å²) in [7, 11) is -1.09. The highest BCUT2D eigenvalue weighted by Gasteiger charge is 2.43. The van der Waals surface area contributed by atoms with E-state index in [0.717, 1.165) is 5.57 Å². The molecule has 2 atom stereocenters. The highest BCUT2D eigenvalue weighted by atomic mass is 32.2. The molecule has 0 bridgehead atoms. The number of nitrogens with one attached hydrogen (secondary N) is 1. The predicted octanol–water partition coefficient (Wildman–Crippen LogP) is 3.83. The van der Waals surface area contributed by atoms with Crippen molar-refractivity contribution in [1.82, 2.24) is 4.72 Å². The molecule has 104 valence electrons. The Labute approximate surface area is 118 Å². The van der Waals surface area contributed by atoms with E-state index in [9.17, 15) is 4.21 Å². The lowest BCUT2D eigenvalue weighted by Crippen LogP contribution is -2.39. The van der Waals surface area contributed by atoms with Crippen molar-refractivity contribution in [3.05, 3.63) is 42.0 Å². The van der Waals surface area contributed by atoms with Crippen LogP contribution in [0.5, 0.6) is 0 Å². The minimum absolute atomic E-state index is 0.0521. The molecular formula is C16H23NOS. The van der Waals surface area contributed by atoms with E-state index in [-0.39, 0.29) is 16.2 Å². The van der Waals surface area contributed by atoms with Gasteiger partial charge in [0.2, 0.25) is 0 Å². The van der Waals surface area contributed by atoms with Crippen molar-refractivity contribution in [3.63, 3.8) is 0 Å². The van der Waals surface area contributed by atoms with Crippen LogP contribution in [-0.4, -0.2) is 8.96 Å². The zero-order valence-corrected chi connectivity index (χ0v) is 13.2. The van der Waals surface area contributed by atoms with Crippen LogP contribution >= 0.6 is 0 Å². The van der Waals surface area contributed by atoms with E-state index in [0.29, 0.717) is 0 Å². The van der Waals surface area contributed by atoms with Crippen molar-refractivity contribution < 1.29 is 4.21 Å². The fraction of sp³-hybridized carbons (Fsp3) is 0.500. The molecule has 1 aromatic rings. The molecule has 0 heterocycles. The third kappa shape index (κ3) is 2.41. The van der Waals surface area contributed by atoms with Crippen molar-refractivity contribution in [2.24, 2.45) is 5.41 Å². The Bertz CT molecular complexity index is 540. The Balaban J connectivity index is 2.40. The summed E-state index contributed by atoms with van der Waals surface area (Å²) < 4.78 is 15.4. The van der Waals surface area contributed by atoms with Gasteiger partial charge in [0.1, 0.15) is 0 Å². The summed E-state index contributed by atoms with van der Waals surface area (Å²) in [5.74, 6) is 0. The molecule has 0 saturated heterocycles. The predicted molar refractivity (Wildman–Crippen MR) is 83.0 cm³/mol. The van der Waals surface area contributed by atoms with Crippen molar-refractivity contribution in [1.29, 1.82) is 0 Å². The lowest BCUT2D eigenvalue weighted by atomic mass is 9.83. The van der Waals surface area contributed by atoms with Crippen LogP contribution in [0.15, 0.2) is 30.8 Å². The Kier molecular flexibility index (Phi) is 3.48. The average molecular weight is 277 g/mol. The van der Waals surface area contributed by atoms with Crippen LogP contribution in [-0.2, 0) is 11.0 Å². The number of benzene rings is 1. The van der Waals surface area contributed by atoms with Gasteiger partial charge in [-0.05, 0) is 37.5 Å². The minimum Gasteiger partial charge on any atom is -0.242 e. The fourth-order valence-corrected chi connectivity index (χ4v) is 3.42. The lowest BCUT2D eigenvalue weighted by molar-refractivity contribution is 0.391. The lowest BCUT2D eigenvalue weighted by Gasteiger charge is -2.31. The molecule has 1 aromatic carbocycles. The first kappa shape index (κ1) is 14.5. The second-order valence-corrected chi connectivity index (χ2v) is 8.72. The quantitative estimate of drug-likeness (QED) is 0.874. The molecule has 0 fully saturated rings. The van der Waals surface area contributed by atoms with Gasteiger partial charge in [0.25, 0.3) is 0 Å². The number of hydrogen-bond donors (Lipinski definition) is 1. The number of hydrogen-bond acceptors (Lipinski definition) is 1. The fourth-order valence-electron chi connectivity index (χ4n) is 2.43. The molecule has 3 heteroatoms. The van der Waals surface area contributed by atoms with Crippen LogP contribution < -0.4 is 4.72 Å². The van der Waals surface area contributed by atoms with Crippen LogP contribution in [0.25, 0.3) is 5.57 Å². The van der Waals surface area contributed by atoms with Crippen LogP contribution in [0, 0.1) is 5.41 Å². The van der Waals surface area contributed by atoms with Gasteiger partial charge in [-0.25, -0.2) is 8.93 Å². The third-order valence-electron chi connectivity index (χ3n) is 3.88. The Morgan fingerprint density at radius 2 is 1.84 bits per heavy atom. The smallest absolute Gasteiger partial charge is 0.0976 e. The van der Waals surface area contributed by atoms with Crippen LogP contribution in [0.4, 0.5) is 0 Å². The van der Waals surface area contributed by atoms with Gasteiger partial charge >= 0.3 is 0 Å². The Hall–Kier alpha value is -0.930. The first-order valence-electron chi connectivity index (χ1n) is 6.62. The molecule has 0 saturated carbocycles. The van der Waals surface area contributed by atoms with Gasteiger partial charge in [-0.15, -0.1) is 0 Å². The molecule has 0 aromatic heterocycles. The van der Waals surface area contributed by atoms with Crippen molar-refractivity contribution >= 4 is 16.6 Å². The van der Waals surface area contributed by atoms with Gasteiger partial charge in [0.15, 0.2) is 0 Å². The number of rotatable bonds is 2. The van der Waals surface area contributed by atoms with Crippen LogP contribution in [0.1, 0.15) is 51.8 Å². The average Bonchev–Trinajstić information content (AvgIpc) is 2.50. The summed E-state index contributed by atoms with van der Waals surface area (Å²) in [6.07, 6.45) is 0. The largest absolute Gasteiger partial charge is 0.242 e. The van der Waals surface area contributed by atoms with Crippen LogP contribution in [0.2, 0.25) is 0 Å². The molecule has 0 amide bonds. The summed E-state index contributed by atoms with van der Waals surface area (Å²) in [6.45, 7) is 14.5. The third-order valence-corrected chi connectivity index (χ3v) is 5.44. The van der Waals surface area contributed by atoms with E-state index in [1.54, 1.807) is 0 Å². The number of fused-ring (bicyclic) bond motifs is 1. The second-order valence-electron chi connectivity index (χ2n) is 6.72. The van der Waals surface area contributed by atoms with Crippen LogP contribution in [0.3, 0.4) is 0 Å². The summed E-state index contributed by atoms with van der Waals surface area (Å²) in [5, 5.41) is 0. The maximum atomic E-state index is 12.4. The molecule has 1 aliphatic carbocycles. The Morgan fingerprint density at radius 1 is 1.26 bits per heavy atom. The van der Waals surface area contributed by atoms with E-state index in [4.69, 9.17) is 0 Å². The molecule has 1 aliphatic rings. The molecule has 0 spiro atoms. The highest BCUT2D eigenvalue weighted by Crippen LogP contribution is 2.52. The molecule has 2 nitrogen and oxygen atoms in total. The highest BCUT2D eigenvalue weighted by molar-refractivity contribution is 7.84. The molecule has 2 rings (SSSR count). The van der Waals surface area contributed by atoms with E-state index in [1.165, 1.54) is 11.1 Å². The molecule has 0 aliphatic heterocycles. The standard InChI is InChI=1S/C16H23NOS/c1-11-12-9-7-8-10-13(12)14(16(11,5)6)17-19(18)15(2,3)4/h7-10,14,17H,1H2,2-6H3/t14-,19?/m0/s1. The normalized spacial score (nSPS) is 23.2. The second kappa shape index (κ2) is 4.57. The summed E-state index contributed by atoms with van der Waals surface area (Å²) in [6, 6.07) is 8.32. The van der Waals surface area contributed by atoms with Gasteiger partial charge in [0.05, 0.1) is 21.8 Å². The zero-order valence-electron chi connectivity index (χ0n) is 12.4.